The normalized spacial score (nSPS) is 24.2. The number of urea groups is 1. The molecule has 8 nitrogen and oxygen atoms in total. The average Bonchev–Trinajstić information content (AvgIpc) is 3.24. The summed E-state index contributed by atoms with van der Waals surface area (Å²) >= 11 is 1.89. The Morgan fingerprint density at radius 1 is 1.20 bits per heavy atom. The first-order valence-electron chi connectivity index (χ1n) is 10.7. The zero-order valence-electron chi connectivity index (χ0n) is 17.7. The molecular formula is C21H34N4O4S. The van der Waals surface area contributed by atoms with Gasteiger partial charge >= 0.3 is 6.03 Å². The van der Waals surface area contributed by atoms with Gasteiger partial charge in [0, 0.05) is 36.9 Å². The van der Waals surface area contributed by atoms with Crippen molar-refractivity contribution in [2.24, 2.45) is 5.41 Å². The van der Waals surface area contributed by atoms with E-state index in [-0.39, 0.29) is 36.3 Å². The number of hydrogen-bond acceptors (Lipinski definition) is 5. The Kier molecular flexibility index (Phi) is 9.68. The number of unbranched alkanes of at least 4 members (excludes halogenated alkanes) is 1. The zero-order chi connectivity index (χ0) is 22.0. The van der Waals surface area contributed by atoms with E-state index in [0.717, 1.165) is 31.3 Å². The highest BCUT2D eigenvalue weighted by Gasteiger charge is 2.42. The summed E-state index contributed by atoms with van der Waals surface area (Å²) in [5.74, 6) is 0.806. The smallest absolute Gasteiger partial charge is 0.315 e. The van der Waals surface area contributed by atoms with E-state index < -0.39 is 5.41 Å². The Bertz CT molecular complexity index is 632. The van der Waals surface area contributed by atoms with Gasteiger partial charge in [-0.2, -0.15) is 11.8 Å². The molecule has 0 aromatic carbocycles. The van der Waals surface area contributed by atoms with Gasteiger partial charge in [-0.15, -0.1) is 6.58 Å². The minimum Gasteiger partial charge on any atom is -0.356 e. The van der Waals surface area contributed by atoms with E-state index >= 15 is 0 Å². The van der Waals surface area contributed by atoms with Crippen molar-refractivity contribution in [1.82, 2.24) is 21.3 Å². The van der Waals surface area contributed by atoms with Crippen LogP contribution in [0.2, 0.25) is 0 Å². The van der Waals surface area contributed by atoms with Crippen LogP contribution in [0, 0.1) is 5.41 Å². The molecule has 2 aliphatic rings. The number of carbonyl (C=O) groups is 4. The van der Waals surface area contributed by atoms with Gasteiger partial charge in [-0.05, 0) is 25.7 Å². The molecule has 9 heteroatoms. The number of hydrogen-bond donors (Lipinski definition) is 4. The fourth-order valence-electron chi connectivity index (χ4n) is 3.87. The Morgan fingerprint density at radius 2 is 1.97 bits per heavy atom. The number of allylic oxidation sites excluding steroid dienone is 1. The van der Waals surface area contributed by atoms with Crippen LogP contribution in [0.25, 0.3) is 0 Å². The van der Waals surface area contributed by atoms with Crippen LogP contribution < -0.4 is 21.3 Å². The molecule has 2 saturated heterocycles. The lowest BCUT2D eigenvalue weighted by molar-refractivity contribution is -0.132. The summed E-state index contributed by atoms with van der Waals surface area (Å²) in [4.78, 5) is 46.4. The first kappa shape index (κ1) is 24.2. The lowest BCUT2D eigenvalue weighted by Crippen LogP contribution is -2.40. The van der Waals surface area contributed by atoms with Gasteiger partial charge in [0.25, 0.3) is 0 Å². The number of amides is 4. The molecular weight excluding hydrogens is 404 g/mol. The lowest BCUT2D eigenvalue weighted by Gasteiger charge is -2.24. The van der Waals surface area contributed by atoms with Crippen molar-refractivity contribution in [2.75, 3.05) is 18.8 Å². The third-order valence-electron chi connectivity index (χ3n) is 5.72. The van der Waals surface area contributed by atoms with E-state index in [1.54, 1.807) is 13.0 Å². The van der Waals surface area contributed by atoms with Gasteiger partial charge < -0.3 is 26.1 Å². The molecule has 2 heterocycles. The fourth-order valence-corrected chi connectivity index (χ4v) is 5.41. The molecule has 0 aromatic rings. The van der Waals surface area contributed by atoms with E-state index in [4.69, 9.17) is 0 Å². The summed E-state index contributed by atoms with van der Waals surface area (Å²) < 4.78 is 0. The predicted octanol–water partition coefficient (Wildman–Crippen LogP) is 1.51. The molecule has 2 rings (SSSR count). The van der Waals surface area contributed by atoms with Crippen molar-refractivity contribution < 1.29 is 19.2 Å². The van der Waals surface area contributed by atoms with Crippen LogP contribution in [0.15, 0.2) is 12.7 Å². The monoisotopic (exact) mass is 438 g/mol. The van der Waals surface area contributed by atoms with Crippen LogP contribution in [0.1, 0.15) is 51.9 Å². The van der Waals surface area contributed by atoms with Gasteiger partial charge in [0.1, 0.15) is 6.29 Å². The number of aldehydes is 1. The summed E-state index contributed by atoms with van der Waals surface area (Å²) in [5, 5.41) is 12.1. The van der Waals surface area contributed by atoms with Crippen molar-refractivity contribution in [1.29, 1.82) is 0 Å². The molecule has 2 aliphatic heterocycles. The Morgan fingerprint density at radius 3 is 2.70 bits per heavy atom. The Balaban J connectivity index is 1.51. The van der Waals surface area contributed by atoms with Crippen LogP contribution in [0.5, 0.6) is 0 Å². The lowest BCUT2D eigenvalue weighted by atomic mass is 9.83. The molecule has 0 spiro atoms. The van der Waals surface area contributed by atoms with Gasteiger partial charge in [-0.25, -0.2) is 4.79 Å². The minimum absolute atomic E-state index is 0.0200. The molecule has 30 heavy (non-hydrogen) atoms. The van der Waals surface area contributed by atoms with Crippen LogP contribution in [-0.4, -0.2) is 60.3 Å². The molecule has 168 valence electrons. The number of rotatable bonds is 14. The third-order valence-corrected chi connectivity index (χ3v) is 7.23. The number of nitrogens with one attached hydrogen (secondary N) is 4. The van der Waals surface area contributed by atoms with E-state index in [1.165, 1.54) is 0 Å². The Hall–Kier alpha value is -2.03. The Labute approximate surface area is 182 Å². The van der Waals surface area contributed by atoms with Crippen molar-refractivity contribution >= 4 is 35.9 Å². The molecule has 4 N–H and O–H groups in total. The van der Waals surface area contributed by atoms with Crippen LogP contribution in [0.3, 0.4) is 0 Å². The maximum absolute atomic E-state index is 12.3. The summed E-state index contributed by atoms with van der Waals surface area (Å²) in [7, 11) is 0. The number of carbonyl (C=O) groups excluding carboxylic acids is 4. The highest BCUT2D eigenvalue weighted by atomic mass is 32.2. The summed E-state index contributed by atoms with van der Waals surface area (Å²) in [6.07, 6.45) is 6.90. The van der Waals surface area contributed by atoms with Crippen molar-refractivity contribution in [3.63, 3.8) is 0 Å². The number of thioether (sulfide) groups is 1. The van der Waals surface area contributed by atoms with Gasteiger partial charge in [0.15, 0.2) is 0 Å². The van der Waals surface area contributed by atoms with E-state index in [0.29, 0.717) is 37.6 Å². The molecule has 0 aromatic heterocycles. The largest absolute Gasteiger partial charge is 0.356 e. The maximum Gasteiger partial charge on any atom is 0.315 e. The van der Waals surface area contributed by atoms with Crippen LogP contribution in [-0.2, 0) is 14.4 Å². The quantitative estimate of drug-likeness (QED) is 0.142. The molecule has 0 radical (unpaired) electrons. The third kappa shape index (κ3) is 7.04. The predicted molar refractivity (Wildman–Crippen MR) is 118 cm³/mol. The van der Waals surface area contributed by atoms with Crippen LogP contribution in [0.4, 0.5) is 4.79 Å². The van der Waals surface area contributed by atoms with E-state index in [2.05, 4.69) is 27.8 Å². The summed E-state index contributed by atoms with van der Waals surface area (Å²) in [6.45, 7) is 6.35. The molecule has 1 unspecified atom stereocenters. The van der Waals surface area contributed by atoms with Crippen molar-refractivity contribution in [3.8, 4) is 0 Å². The average molecular weight is 439 g/mol. The first-order valence-corrected chi connectivity index (χ1v) is 11.7. The van der Waals surface area contributed by atoms with E-state index in [1.807, 2.05) is 11.8 Å². The van der Waals surface area contributed by atoms with Crippen molar-refractivity contribution in [3.05, 3.63) is 12.7 Å². The standard InChI is InChI=1S/C21H34N4O4S/c1-3-9-21(2,10-13-26)19(28)23-12-6-11-22-17(27)8-5-4-7-16-18-15(14-30-16)24-20(29)25-18/h3,13,15-16,18H,1,4-12,14H2,2H3,(H,22,27)(H,23,28)(H2,24,25,29)/t15-,16-,18-,21?/m0/s1. The topological polar surface area (TPSA) is 116 Å². The molecule has 2 fully saturated rings. The van der Waals surface area contributed by atoms with Gasteiger partial charge in [-0.1, -0.05) is 19.4 Å². The second-order valence-corrected chi connectivity index (χ2v) is 9.52. The molecule has 4 amide bonds. The molecule has 0 aliphatic carbocycles. The molecule has 4 atom stereocenters. The maximum atomic E-state index is 12.3. The minimum atomic E-state index is -0.762. The highest BCUT2D eigenvalue weighted by Crippen LogP contribution is 2.33. The summed E-state index contributed by atoms with van der Waals surface area (Å²) in [6, 6.07) is 0.385. The van der Waals surface area contributed by atoms with Gasteiger partial charge in [-0.3, -0.25) is 9.59 Å². The highest BCUT2D eigenvalue weighted by molar-refractivity contribution is 8.00. The van der Waals surface area contributed by atoms with Crippen LogP contribution >= 0.6 is 11.8 Å². The first-order chi connectivity index (χ1) is 14.4. The molecule has 0 bridgehead atoms. The van der Waals surface area contributed by atoms with Crippen molar-refractivity contribution in [2.45, 2.75) is 69.2 Å². The fraction of sp³-hybridized carbons (Fsp3) is 0.714. The second kappa shape index (κ2) is 12.0. The number of fused-ring (bicyclic) bond motifs is 1. The van der Waals surface area contributed by atoms with E-state index in [9.17, 15) is 19.2 Å². The van der Waals surface area contributed by atoms with Gasteiger partial charge in [0.2, 0.25) is 11.8 Å². The SMILES string of the molecule is C=CCC(C)(CC=O)C(=O)NCCCNC(=O)CCCC[C@@H]1SC[C@@H]2NC(=O)N[C@@H]21. The molecule has 0 saturated carbocycles. The van der Waals surface area contributed by atoms with Gasteiger partial charge in [0.05, 0.1) is 17.5 Å². The summed E-state index contributed by atoms with van der Waals surface area (Å²) in [5.41, 5.74) is -0.762. The second-order valence-electron chi connectivity index (χ2n) is 8.25. The zero-order valence-corrected chi connectivity index (χ0v) is 18.5.